The topological polar surface area (TPSA) is 59.1 Å². The van der Waals surface area contributed by atoms with Crippen LogP contribution in [0.3, 0.4) is 0 Å². The number of nitrogens with two attached hydrogens (primary N) is 1. The van der Waals surface area contributed by atoms with Gasteiger partial charge in [-0.05, 0) is 32.9 Å². The van der Waals surface area contributed by atoms with Gasteiger partial charge in [0.2, 0.25) is 0 Å². The molecule has 0 amide bonds. The Morgan fingerprint density at radius 3 is 2.38 bits per heavy atom. The Bertz CT molecular complexity index is 388. The zero-order chi connectivity index (χ0) is 11.6. The zero-order valence-corrected chi connectivity index (χ0v) is 10.3. The van der Waals surface area contributed by atoms with Crippen molar-refractivity contribution in [1.29, 1.82) is 5.41 Å². The summed E-state index contributed by atoms with van der Waals surface area (Å²) in [5, 5.41) is 7.28. The van der Waals surface area contributed by atoms with E-state index in [9.17, 15) is 4.39 Å². The molecule has 0 bridgehead atoms. The third kappa shape index (κ3) is 3.70. The molecule has 0 atom stereocenters. The van der Waals surface area contributed by atoms with E-state index in [0.717, 1.165) is 0 Å². The third-order valence-electron chi connectivity index (χ3n) is 1.66. The lowest BCUT2D eigenvalue weighted by atomic mass is 10.1. The van der Waals surface area contributed by atoms with Crippen LogP contribution in [-0.2, 0) is 0 Å². The lowest BCUT2D eigenvalue weighted by molar-refractivity contribution is 0.130. The molecule has 0 unspecified atom stereocenters. The van der Waals surface area contributed by atoms with E-state index in [-0.39, 0.29) is 23.8 Å². The highest BCUT2D eigenvalue weighted by atomic mass is 35.5. The van der Waals surface area contributed by atoms with Crippen molar-refractivity contribution >= 4 is 18.2 Å². The maximum Gasteiger partial charge on any atom is 0.137 e. The van der Waals surface area contributed by atoms with Gasteiger partial charge in [-0.2, -0.15) is 0 Å². The minimum absolute atomic E-state index is 0. The van der Waals surface area contributed by atoms with E-state index in [1.54, 1.807) is 6.07 Å². The predicted molar refractivity (Wildman–Crippen MR) is 65.0 cm³/mol. The van der Waals surface area contributed by atoms with Crippen molar-refractivity contribution in [2.24, 2.45) is 5.73 Å². The molecule has 0 saturated carbocycles. The number of ether oxygens (including phenoxy) is 1. The lowest BCUT2D eigenvalue weighted by Crippen LogP contribution is -2.25. The lowest BCUT2D eigenvalue weighted by Gasteiger charge is -2.23. The molecule has 5 heteroatoms. The van der Waals surface area contributed by atoms with Crippen molar-refractivity contribution in [1.82, 2.24) is 0 Å². The summed E-state index contributed by atoms with van der Waals surface area (Å²) < 4.78 is 18.9. The minimum atomic E-state index is -0.538. The van der Waals surface area contributed by atoms with Crippen LogP contribution in [0, 0.1) is 11.2 Å². The van der Waals surface area contributed by atoms with Gasteiger partial charge in [0.1, 0.15) is 23.0 Å². The number of benzene rings is 1. The van der Waals surface area contributed by atoms with Gasteiger partial charge in [-0.3, -0.25) is 5.41 Å². The average molecular weight is 247 g/mol. The maximum absolute atomic E-state index is 13.4. The van der Waals surface area contributed by atoms with Gasteiger partial charge in [0.15, 0.2) is 0 Å². The fraction of sp³-hybridized carbons (Fsp3) is 0.364. The Kier molecular flexibility index (Phi) is 4.75. The molecule has 1 rings (SSSR count). The number of halogens is 2. The van der Waals surface area contributed by atoms with Gasteiger partial charge in [-0.15, -0.1) is 12.4 Å². The average Bonchev–Trinajstić information content (AvgIpc) is 1.99. The molecule has 1 aromatic rings. The minimum Gasteiger partial charge on any atom is -0.487 e. The standard InChI is InChI=1S/C11H15FN2O.ClH/c1-11(2,3)15-8-6-4-5-7(12)9(8)10(13)14;/h4-6H,1-3H3,(H3,13,14);1H. The van der Waals surface area contributed by atoms with Crippen LogP contribution in [0.4, 0.5) is 4.39 Å². The van der Waals surface area contributed by atoms with E-state index >= 15 is 0 Å². The van der Waals surface area contributed by atoms with Gasteiger partial charge in [-0.1, -0.05) is 6.07 Å². The molecule has 3 N–H and O–H groups in total. The second-order valence-corrected chi connectivity index (χ2v) is 4.24. The van der Waals surface area contributed by atoms with Gasteiger partial charge in [0, 0.05) is 0 Å². The van der Waals surface area contributed by atoms with Gasteiger partial charge in [0.05, 0.1) is 5.56 Å². The monoisotopic (exact) mass is 246 g/mol. The SMILES string of the molecule is CC(C)(C)Oc1cccc(F)c1C(=N)N.Cl. The van der Waals surface area contributed by atoms with Crippen LogP contribution in [0.1, 0.15) is 26.3 Å². The molecular formula is C11H16ClFN2O. The Morgan fingerprint density at radius 2 is 1.94 bits per heavy atom. The quantitative estimate of drug-likeness (QED) is 0.623. The van der Waals surface area contributed by atoms with Crippen LogP contribution >= 0.6 is 12.4 Å². The molecule has 3 nitrogen and oxygen atoms in total. The van der Waals surface area contributed by atoms with Crippen molar-refractivity contribution in [2.45, 2.75) is 26.4 Å². The Morgan fingerprint density at radius 1 is 1.38 bits per heavy atom. The van der Waals surface area contributed by atoms with Crippen molar-refractivity contribution in [2.75, 3.05) is 0 Å². The summed E-state index contributed by atoms with van der Waals surface area (Å²) >= 11 is 0. The maximum atomic E-state index is 13.4. The summed E-state index contributed by atoms with van der Waals surface area (Å²) in [7, 11) is 0. The highest BCUT2D eigenvalue weighted by molar-refractivity contribution is 5.97. The van der Waals surface area contributed by atoms with E-state index in [0.29, 0.717) is 5.75 Å². The number of hydrogen-bond donors (Lipinski definition) is 2. The van der Waals surface area contributed by atoms with Crippen LogP contribution in [0.5, 0.6) is 5.75 Å². The molecule has 0 heterocycles. The smallest absolute Gasteiger partial charge is 0.137 e. The first-order valence-electron chi connectivity index (χ1n) is 4.63. The van der Waals surface area contributed by atoms with Crippen LogP contribution in [0.2, 0.25) is 0 Å². The Hall–Kier alpha value is -1.29. The molecule has 90 valence electrons. The summed E-state index contributed by atoms with van der Waals surface area (Å²) in [6.45, 7) is 5.55. The highest BCUT2D eigenvalue weighted by Crippen LogP contribution is 2.24. The molecule has 1 aromatic carbocycles. The van der Waals surface area contributed by atoms with Gasteiger partial charge in [-0.25, -0.2) is 4.39 Å². The first kappa shape index (κ1) is 14.7. The Labute approximate surface area is 101 Å². The summed E-state index contributed by atoms with van der Waals surface area (Å²) in [6, 6.07) is 4.39. The van der Waals surface area contributed by atoms with E-state index in [4.69, 9.17) is 15.9 Å². The number of hydrogen-bond acceptors (Lipinski definition) is 2. The molecule has 16 heavy (non-hydrogen) atoms. The molecule has 0 aliphatic heterocycles. The molecule has 0 radical (unpaired) electrons. The van der Waals surface area contributed by atoms with Gasteiger partial charge in [0.25, 0.3) is 0 Å². The predicted octanol–water partition coefficient (Wildman–Crippen LogP) is 2.71. The first-order chi connectivity index (χ1) is 6.81. The van der Waals surface area contributed by atoms with Crippen LogP contribution in [-0.4, -0.2) is 11.4 Å². The zero-order valence-electron chi connectivity index (χ0n) is 9.50. The molecule has 0 spiro atoms. The van der Waals surface area contributed by atoms with E-state index in [1.165, 1.54) is 12.1 Å². The van der Waals surface area contributed by atoms with Crippen molar-refractivity contribution < 1.29 is 9.13 Å². The fourth-order valence-electron chi connectivity index (χ4n) is 1.18. The highest BCUT2D eigenvalue weighted by Gasteiger charge is 2.18. The second-order valence-electron chi connectivity index (χ2n) is 4.24. The van der Waals surface area contributed by atoms with E-state index in [1.807, 2.05) is 20.8 Å². The molecule has 0 aromatic heterocycles. The molecule has 0 aliphatic carbocycles. The number of nitrogens with one attached hydrogen (secondary N) is 1. The van der Waals surface area contributed by atoms with Crippen LogP contribution in [0.25, 0.3) is 0 Å². The number of rotatable bonds is 2. The summed E-state index contributed by atoms with van der Waals surface area (Å²) in [5.74, 6) is -0.563. The van der Waals surface area contributed by atoms with E-state index < -0.39 is 11.4 Å². The molecular weight excluding hydrogens is 231 g/mol. The van der Waals surface area contributed by atoms with Gasteiger partial charge < -0.3 is 10.5 Å². The number of amidine groups is 1. The second kappa shape index (κ2) is 5.16. The largest absolute Gasteiger partial charge is 0.487 e. The summed E-state index contributed by atoms with van der Waals surface area (Å²) in [6.07, 6.45) is 0. The van der Waals surface area contributed by atoms with Crippen molar-refractivity contribution in [3.8, 4) is 5.75 Å². The summed E-state index contributed by atoms with van der Waals surface area (Å²) in [4.78, 5) is 0. The molecule has 0 fully saturated rings. The van der Waals surface area contributed by atoms with Gasteiger partial charge >= 0.3 is 0 Å². The normalized spacial score (nSPS) is 10.5. The van der Waals surface area contributed by atoms with Crippen LogP contribution in [0.15, 0.2) is 18.2 Å². The summed E-state index contributed by atoms with van der Waals surface area (Å²) in [5.41, 5.74) is 4.87. The first-order valence-corrected chi connectivity index (χ1v) is 4.63. The van der Waals surface area contributed by atoms with Crippen LogP contribution < -0.4 is 10.5 Å². The number of nitrogen functional groups attached to an aromatic ring is 1. The third-order valence-corrected chi connectivity index (χ3v) is 1.66. The fourth-order valence-corrected chi connectivity index (χ4v) is 1.18. The molecule has 0 aliphatic rings. The van der Waals surface area contributed by atoms with Crippen molar-refractivity contribution in [3.05, 3.63) is 29.6 Å². The van der Waals surface area contributed by atoms with E-state index in [2.05, 4.69) is 0 Å². The van der Waals surface area contributed by atoms with Crippen molar-refractivity contribution in [3.63, 3.8) is 0 Å². The molecule has 0 saturated heterocycles. The Balaban J connectivity index is 0.00000225.